The van der Waals surface area contributed by atoms with Crippen molar-refractivity contribution in [3.05, 3.63) is 46.6 Å². The molecule has 0 bridgehead atoms. The van der Waals surface area contributed by atoms with Gasteiger partial charge in [0.2, 0.25) is 0 Å². The number of allylic oxidation sites excluding steroid dienone is 3. The normalized spacial score (nSPS) is 23.7. The van der Waals surface area contributed by atoms with Crippen molar-refractivity contribution in [3.8, 4) is 0 Å². The lowest BCUT2D eigenvalue weighted by Crippen LogP contribution is -2.38. The molecule has 126 valence electrons. The van der Waals surface area contributed by atoms with Crippen molar-refractivity contribution < 1.29 is 0 Å². The van der Waals surface area contributed by atoms with Crippen LogP contribution in [0.3, 0.4) is 0 Å². The molecule has 0 amide bonds. The number of rotatable bonds is 1. The lowest BCUT2D eigenvalue weighted by molar-refractivity contribution is 0.739. The van der Waals surface area contributed by atoms with Crippen LogP contribution in [0.4, 0.5) is 11.4 Å². The predicted molar refractivity (Wildman–Crippen MR) is 106 cm³/mol. The highest BCUT2D eigenvalue weighted by Crippen LogP contribution is 2.39. The van der Waals surface area contributed by atoms with Crippen LogP contribution in [-0.4, -0.2) is 23.6 Å². The average molecular weight is 408 g/mol. The lowest BCUT2D eigenvalue weighted by atomic mass is 10.1. The molecule has 0 radical (unpaired) electrons. The Morgan fingerprint density at radius 2 is 2.08 bits per heavy atom. The monoisotopic (exact) mass is 406 g/mol. The number of alkyl halides is 1. The molecule has 0 aromatic heterocycles. The topological polar surface area (TPSA) is 54.2 Å². The summed E-state index contributed by atoms with van der Waals surface area (Å²) in [6.45, 7) is 4.44. The van der Waals surface area contributed by atoms with E-state index in [1.165, 1.54) is 0 Å². The number of hydrogen-bond acceptors (Lipinski definition) is 3. The van der Waals surface area contributed by atoms with Crippen LogP contribution in [0, 0.1) is 16.7 Å². The fraction of sp³-hybridized carbons (Fsp3) is 0.333. The molecular formula is C18H20BrClN4. The smallest absolute Gasteiger partial charge is 0.111 e. The van der Waals surface area contributed by atoms with Gasteiger partial charge in [-0.05, 0) is 37.6 Å². The number of nitrogens with one attached hydrogen (secondary N) is 2. The molecule has 1 aromatic carbocycles. The van der Waals surface area contributed by atoms with Gasteiger partial charge >= 0.3 is 0 Å². The van der Waals surface area contributed by atoms with Gasteiger partial charge in [0, 0.05) is 22.6 Å². The summed E-state index contributed by atoms with van der Waals surface area (Å²) >= 11 is 9.72. The Hall–Kier alpha value is -1.59. The van der Waals surface area contributed by atoms with Crippen LogP contribution in [0.1, 0.15) is 20.3 Å². The zero-order chi connectivity index (χ0) is 17.4. The van der Waals surface area contributed by atoms with E-state index in [2.05, 4.69) is 39.0 Å². The quantitative estimate of drug-likeness (QED) is 0.385. The zero-order valence-corrected chi connectivity index (χ0v) is 16.0. The first kappa shape index (κ1) is 17.2. The van der Waals surface area contributed by atoms with Crippen molar-refractivity contribution in [2.75, 3.05) is 16.3 Å². The first-order valence-corrected chi connectivity index (χ1v) is 9.14. The summed E-state index contributed by atoms with van der Waals surface area (Å²) < 4.78 is 0.977. The summed E-state index contributed by atoms with van der Waals surface area (Å²) in [4.78, 5) is 3.95. The van der Waals surface area contributed by atoms with Gasteiger partial charge in [-0.3, -0.25) is 15.7 Å². The van der Waals surface area contributed by atoms with Crippen molar-refractivity contribution >= 4 is 50.6 Å². The largest absolute Gasteiger partial charge is 0.339 e. The van der Waals surface area contributed by atoms with Gasteiger partial charge in [0.05, 0.1) is 16.8 Å². The number of amidine groups is 2. The Labute approximate surface area is 155 Å². The van der Waals surface area contributed by atoms with Gasteiger partial charge in [0.25, 0.3) is 0 Å². The number of anilines is 2. The van der Waals surface area contributed by atoms with Gasteiger partial charge in [-0.1, -0.05) is 35.0 Å². The summed E-state index contributed by atoms with van der Waals surface area (Å²) in [6, 6.07) is 5.97. The van der Waals surface area contributed by atoms with Crippen molar-refractivity contribution in [1.29, 1.82) is 10.8 Å². The zero-order valence-electron chi connectivity index (χ0n) is 13.7. The molecule has 1 aliphatic heterocycles. The van der Waals surface area contributed by atoms with Crippen molar-refractivity contribution in [2.24, 2.45) is 5.92 Å². The Balaban J connectivity index is 2.15. The van der Waals surface area contributed by atoms with Gasteiger partial charge in [0.1, 0.15) is 11.7 Å². The highest BCUT2D eigenvalue weighted by Gasteiger charge is 2.31. The van der Waals surface area contributed by atoms with Gasteiger partial charge < -0.3 is 4.90 Å². The van der Waals surface area contributed by atoms with E-state index in [-0.39, 0.29) is 11.3 Å². The molecule has 2 atom stereocenters. The van der Waals surface area contributed by atoms with E-state index < -0.39 is 0 Å². The number of fused-ring (bicyclic) bond motifs is 1. The Kier molecular flexibility index (Phi) is 4.83. The standard InChI is InChI=1S/C18H20BrClN4/c1-11-10-23(15-6-4-14(20)5-7-15)17-9-13(19)3-8-16(17)24(12(2)21)18(11)22/h3-4,6-9,11,14,21-22H,5,10H2,1-2H3. The van der Waals surface area contributed by atoms with Crippen molar-refractivity contribution in [2.45, 2.75) is 25.6 Å². The minimum atomic E-state index is -0.000462. The number of nitrogens with zero attached hydrogens (tertiary/aromatic N) is 2. The Morgan fingerprint density at radius 3 is 2.71 bits per heavy atom. The van der Waals surface area contributed by atoms with E-state index in [0.717, 1.165) is 28.0 Å². The second-order valence-electron chi connectivity index (χ2n) is 6.19. The van der Waals surface area contributed by atoms with Gasteiger partial charge in [-0.15, -0.1) is 11.6 Å². The molecule has 2 aliphatic rings. The van der Waals surface area contributed by atoms with Crippen LogP contribution in [-0.2, 0) is 0 Å². The molecular weight excluding hydrogens is 388 g/mol. The molecule has 24 heavy (non-hydrogen) atoms. The minimum absolute atomic E-state index is 0.000462. The Bertz CT molecular complexity index is 755. The molecule has 0 fully saturated rings. The molecule has 1 heterocycles. The fourth-order valence-corrected chi connectivity index (χ4v) is 3.61. The average Bonchev–Trinajstić information content (AvgIpc) is 2.64. The highest BCUT2D eigenvalue weighted by molar-refractivity contribution is 9.10. The maximum absolute atomic E-state index is 8.53. The van der Waals surface area contributed by atoms with E-state index in [1.54, 1.807) is 11.8 Å². The number of benzene rings is 1. The third kappa shape index (κ3) is 3.15. The molecule has 4 nitrogen and oxygen atoms in total. The fourth-order valence-electron chi connectivity index (χ4n) is 3.10. The predicted octanol–water partition coefficient (Wildman–Crippen LogP) is 5.14. The molecule has 0 spiro atoms. The first-order valence-electron chi connectivity index (χ1n) is 7.91. The number of halogens is 2. The van der Waals surface area contributed by atoms with Crippen LogP contribution in [0.5, 0.6) is 0 Å². The molecule has 0 saturated carbocycles. The Morgan fingerprint density at radius 1 is 1.33 bits per heavy atom. The van der Waals surface area contributed by atoms with Crippen molar-refractivity contribution in [1.82, 2.24) is 0 Å². The molecule has 6 heteroatoms. The summed E-state index contributed by atoms with van der Waals surface area (Å²) in [7, 11) is 0. The van der Waals surface area contributed by atoms with Gasteiger partial charge in [0.15, 0.2) is 0 Å². The summed E-state index contributed by atoms with van der Waals surface area (Å²) in [5.74, 6) is 0.801. The molecule has 3 rings (SSSR count). The molecule has 0 saturated heterocycles. The molecule has 1 aliphatic carbocycles. The van der Waals surface area contributed by atoms with Crippen LogP contribution in [0.25, 0.3) is 0 Å². The van der Waals surface area contributed by atoms with Crippen LogP contribution in [0.2, 0.25) is 0 Å². The summed E-state index contributed by atoms with van der Waals surface area (Å²) in [5.41, 5.74) is 2.95. The summed E-state index contributed by atoms with van der Waals surface area (Å²) in [6.07, 6.45) is 7.00. The SMILES string of the molecule is CC(=N)N1C(=N)C(C)CN(C2=CCC(Cl)C=C2)c2cc(Br)ccc21. The van der Waals surface area contributed by atoms with E-state index >= 15 is 0 Å². The lowest BCUT2D eigenvalue weighted by Gasteiger charge is -2.29. The highest BCUT2D eigenvalue weighted by atomic mass is 79.9. The van der Waals surface area contributed by atoms with E-state index in [0.29, 0.717) is 18.2 Å². The van der Waals surface area contributed by atoms with Gasteiger partial charge in [-0.25, -0.2) is 0 Å². The van der Waals surface area contributed by atoms with E-state index in [9.17, 15) is 0 Å². The van der Waals surface area contributed by atoms with Crippen molar-refractivity contribution in [3.63, 3.8) is 0 Å². The first-order chi connectivity index (χ1) is 11.4. The second-order valence-corrected chi connectivity index (χ2v) is 7.67. The van der Waals surface area contributed by atoms with Crippen LogP contribution >= 0.6 is 27.5 Å². The summed E-state index contributed by atoms with van der Waals surface area (Å²) in [5, 5.41) is 16.7. The molecule has 1 aromatic rings. The maximum atomic E-state index is 8.53. The maximum Gasteiger partial charge on any atom is 0.111 e. The third-order valence-electron chi connectivity index (χ3n) is 4.31. The molecule has 2 unspecified atom stereocenters. The van der Waals surface area contributed by atoms with E-state index in [1.807, 2.05) is 25.1 Å². The van der Waals surface area contributed by atoms with Gasteiger partial charge in [-0.2, -0.15) is 0 Å². The molecule has 2 N–H and O–H groups in total. The van der Waals surface area contributed by atoms with Crippen LogP contribution in [0.15, 0.2) is 46.6 Å². The second kappa shape index (κ2) is 6.73. The van der Waals surface area contributed by atoms with E-state index in [4.69, 9.17) is 22.4 Å². The minimum Gasteiger partial charge on any atom is -0.339 e. The van der Waals surface area contributed by atoms with Crippen LogP contribution < -0.4 is 9.80 Å². The third-order valence-corrected chi connectivity index (χ3v) is 5.13. The number of hydrogen-bond donors (Lipinski definition) is 2.